The Morgan fingerprint density at radius 2 is 2.20 bits per heavy atom. The van der Waals surface area contributed by atoms with E-state index in [0.29, 0.717) is 22.7 Å². The van der Waals surface area contributed by atoms with Crippen molar-refractivity contribution in [1.82, 2.24) is 4.98 Å². The van der Waals surface area contributed by atoms with Crippen molar-refractivity contribution in [2.75, 3.05) is 5.75 Å². The fraction of sp³-hybridized carbons (Fsp3) is 0.278. The number of hydrogen-bond donors (Lipinski definition) is 2. The van der Waals surface area contributed by atoms with E-state index in [1.54, 1.807) is 12.1 Å². The van der Waals surface area contributed by atoms with Crippen LogP contribution in [0, 0.1) is 5.82 Å². The van der Waals surface area contributed by atoms with Crippen molar-refractivity contribution in [2.24, 2.45) is 10.7 Å². The molecule has 1 atom stereocenters. The lowest BCUT2D eigenvalue weighted by Crippen LogP contribution is -2.29. The van der Waals surface area contributed by atoms with E-state index in [1.165, 1.54) is 36.2 Å². The number of Topliss-reactive ketones (excluding diaryl/α,β-unsaturated/α-hetero) is 1. The van der Waals surface area contributed by atoms with Gasteiger partial charge in [0.25, 0.3) is 0 Å². The van der Waals surface area contributed by atoms with E-state index >= 15 is 0 Å². The molecule has 25 heavy (non-hydrogen) atoms. The Morgan fingerprint density at radius 1 is 1.40 bits per heavy atom. The van der Waals surface area contributed by atoms with Gasteiger partial charge >= 0.3 is 0 Å². The maximum absolute atomic E-state index is 14.4. The van der Waals surface area contributed by atoms with Gasteiger partial charge in [-0.2, -0.15) is 0 Å². The van der Waals surface area contributed by atoms with Gasteiger partial charge < -0.3 is 10.8 Å². The molecule has 1 aromatic carbocycles. The number of halogens is 1. The Bertz CT molecular complexity index is 839. The van der Waals surface area contributed by atoms with Crippen molar-refractivity contribution >= 4 is 22.7 Å². The molecule has 0 radical (unpaired) electrons. The normalized spacial score (nSPS) is 20.2. The van der Waals surface area contributed by atoms with Crippen LogP contribution in [0.4, 0.5) is 4.39 Å². The summed E-state index contributed by atoms with van der Waals surface area (Å²) >= 11 is 1.46. The smallest absolute Gasteiger partial charge is 0.185 e. The molecule has 0 amide bonds. The van der Waals surface area contributed by atoms with Crippen LogP contribution >= 0.6 is 11.8 Å². The maximum atomic E-state index is 14.4. The lowest BCUT2D eigenvalue weighted by atomic mass is 9.87. The second-order valence-electron chi connectivity index (χ2n) is 6.14. The number of pyridine rings is 1. The molecule has 1 aromatic heterocycles. The van der Waals surface area contributed by atoms with E-state index < -0.39 is 5.54 Å². The molecule has 7 heteroatoms. The Hall–Kier alpha value is -2.41. The number of rotatable bonds is 4. The minimum atomic E-state index is -0.727. The quantitative estimate of drug-likeness (QED) is 0.819. The van der Waals surface area contributed by atoms with Crippen molar-refractivity contribution in [3.63, 3.8) is 0 Å². The zero-order valence-electron chi connectivity index (χ0n) is 13.7. The number of nitrogens with two attached hydrogens (primary N) is 1. The van der Waals surface area contributed by atoms with Gasteiger partial charge in [-0.1, -0.05) is 17.8 Å². The van der Waals surface area contributed by atoms with Crippen LogP contribution < -0.4 is 5.73 Å². The van der Waals surface area contributed by atoms with Crippen molar-refractivity contribution in [3.05, 3.63) is 59.2 Å². The molecule has 0 bridgehead atoms. The fourth-order valence-corrected chi connectivity index (χ4v) is 3.78. The second kappa shape index (κ2) is 6.84. The van der Waals surface area contributed by atoms with E-state index in [1.807, 2.05) is 6.92 Å². The van der Waals surface area contributed by atoms with Crippen LogP contribution in [0.2, 0.25) is 0 Å². The summed E-state index contributed by atoms with van der Waals surface area (Å²) in [6, 6.07) is 7.51. The van der Waals surface area contributed by atoms with E-state index in [0.717, 1.165) is 5.75 Å². The Labute approximate surface area is 149 Å². The van der Waals surface area contributed by atoms with Crippen LogP contribution in [-0.2, 0) is 12.0 Å². The second-order valence-corrected chi connectivity index (χ2v) is 7.25. The van der Waals surface area contributed by atoms with Crippen molar-refractivity contribution < 1.29 is 14.3 Å². The molecule has 0 fully saturated rings. The number of hydrogen-bond acceptors (Lipinski definition) is 6. The monoisotopic (exact) mass is 359 g/mol. The van der Waals surface area contributed by atoms with Gasteiger partial charge in [0.2, 0.25) is 0 Å². The van der Waals surface area contributed by atoms with Gasteiger partial charge in [0.1, 0.15) is 17.3 Å². The van der Waals surface area contributed by atoms with E-state index in [-0.39, 0.29) is 29.5 Å². The molecule has 3 rings (SSSR count). The number of carbonyl (C=O) groups is 1. The molecule has 2 aromatic rings. The highest BCUT2D eigenvalue weighted by atomic mass is 32.2. The van der Waals surface area contributed by atoms with Gasteiger partial charge in [-0.25, -0.2) is 9.37 Å². The van der Waals surface area contributed by atoms with Crippen LogP contribution in [0.25, 0.3) is 0 Å². The third kappa shape index (κ3) is 3.82. The zero-order chi connectivity index (χ0) is 18.0. The van der Waals surface area contributed by atoms with Gasteiger partial charge in [-0.15, -0.1) is 0 Å². The number of amidine groups is 1. The van der Waals surface area contributed by atoms with Gasteiger partial charge in [0.15, 0.2) is 11.0 Å². The van der Waals surface area contributed by atoms with Crippen LogP contribution in [0.5, 0.6) is 5.75 Å². The average Bonchev–Trinajstić information content (AvgIpc) is 2.57. The van der Waals surface area contributed by atoms with Crippen LogP contribution in [0.15, 0.2) is 41.5 Å². The van der Waals surface area contributed by atoms with Crippen molar-refractivity contribution in [1.29, 1.82) is 0 Å². The number of ketones is 1. The topological polar surface area (TPSA) is 88.6 Å². The predicted molar refractivity (Wildman–Crippen MR) is 96.4 cm³/mol. The molecular weight excluding hydrogens is 341 g/mol. The zero-order valence-corrected chi connectivity index (χ0v) is 14.5. The van der Waals surface area contributed by atoms with Crippen LogP contribution in [0.3, 0.4) is 0 Å². The summed E-state index contributed by atoms with van der Waals surface area (Å²) in [5.74, 6) is 0.209. The molecule has 130 valence electrons. The van der Waals surface area contributed by atoms with Gasteiger partial charge in [-0.05, 0) is 43.2 Å². The number of aliphatic imine (C=N–C) groups is 1. The van der Waals surface area contributed by atoms with Crippen LogP contribution in [-0.4, -0.2) is 26.8 Å². The number of nitrogens with zero attached hydrogens (tertiary/aromatic N) is 2. The average molecular weight is 359 g/mol. The fourth-order valence-electron chi connectivity index (χ4n) is 2.80. The first-order chi connectivity index (χ1) is 11.9. The first-order valence-corrected chi connectivity index (χ1v) is 8.81. The van der Waals surface area contributed by atoms with Gasteiger partial charge in [0.05, 0.1) is 11.7 Å². The van der Waals surface area contributed by atoms with E-state index in [4.69, 9.17) is 5.73 Å². The number of aromatic hydroxyl groups is 1. The summed E-state index contributed by atoms with van der Waals surface area (Å²) in [4.78, 5) is 20.7. The molecule has 1 aliphatic rings. The molecule has 2 heterocycles. The van der Waals surface area contributed by atoms with Crippen molar-refractivity contribution in [2.45, 2.75) is 25.3 Å². The Morgan fingerprint density at radius 3 is 2.88 bits per heavy atom. The minimum absolute atomic E-state index is 0.000776. The summed E-state index contributed by atoms with van der Waals surface area (Å²) < 4.78 is 14.4. The lowest BCUT2D eigenvalue weighted by Gasteiger charge is -2.30. The number of thioether (sulfide) groups is 1. The minimum Gasteiger partial charge on any atom is -0.506 e. The van der Waals surface area contributed by atoms with E-state index in [9.17, 15) is 14.3 Å². The van der Waals surface area contributed by atoms with E-state index in [2.05, 4.69) is 9.98 Å². The summed E-state index contributed by atoms with van der Waals surface area (Å²) in [5, 5.41) is 9.70. The number of benzene rings is 1. The molecule has 0 saturated heterocycles. The molecule has 1 aliphatic heterocycles. The third-order valence-corrected chi connectivity index (χ3v) is 5.00. The summed E-state index contributed by atoms with van der Waals surface area (Å²) in [6.45, 7) is 1.85. The number of aromatic nitrogens is 1. The van der Waals surface area contributed by atoms with Crippen molar-refractivity contribution in [3.8, 4) is 5.75 Å². The highest BCUT2D eigenvalue weighted by molar-refractivity contribution is 8.13. The molecule has 0 unspecified atom stereocenters. The predicted octanol–water partition coefficient (Wildman–Crippen LogP) is 3.02. The highest BCUT2D eigenvalue weighted by Gasteiger charge is 2.32. The molecule has 5 nitrogen and oxygen atoms in total. The molecular formula is C18H18FN3O2S. The third-order valence-electron chi connectivity index (χ3n) is 4.21. The Kier molecular flexibility index (Phi) is 4.76. The number of carbonyl (C=O) groups excluding carboxylic acids is 1. The standard InChI is InChI=1S/C18H18FN3O2S/c1-18(6-7-25-17(20)22-18)13-8-11(2-4-14(13)19)9-16(24)15-5-3-12(23)10-21-15/h2-5,8,10,23H,6-7,9H2,1H3,(H2,20,22)/t18-/m0/s1. The molecule has 0 aliphatic carbocycles. The lowest BCUT2D eigenvalue weighted by molar-refractivity contribution is 0.0988. The first-order valence-electron chi connectivity index (χ1n) is 7.83. The summed E-state index contributed by atoms with van der Waals surface area (Å²) in [5.41, 5.74) is 6.47. The maximum Gasteiger partial charge on any atom is 0.185 e. The van der Waals surface area contributed by atoms with Crippen LogP contribution in [0.1, 0.15) is 35.0 Å². The SMILES string of the molecule is C[C@@]1(c2cc(CC(=O)c3ccc(O)cn3)ccc2F)CCSC(N)=N1. The highest BCUT2D eigenvalue weighted by Crippen LogP contribution is 2.36. The van der Waals surface area contributed by atoms with Gasteiger partial charge in [-0.3, -0.25) is 9.79 Å². The summed E-state index contributed by atoms with van der Waals surface area (Å²) in [7, 11) is 0. The van der Waals surface area contributed by atoms with Gasteiger partial charge in [0, 0.05) is 17.7 Å². The first kappa shape index (κ1) is 17.4. The molecule has 0 saturated carbocycles. The molecule has 3 N–H and O–H groups in total. The largest absolute Gasteiger partial charge is 0.506 e. The summed E-state index contributed by atoms with van der Waals surface area (Å²) in [6.07, 6.45) is 1.99. The Balaban J connectivity index is 1.88. The molecule has 0 spiro atoms.